The number of carbonyl (C=O) groups excluding carboxylic acids is 1. The quantitative estimate of drug-likeness (QED) is 0.658. The molecule has 0 saturated carbocycles. The zero-order chi connectivity index (χ0) is 17.1. The number of nitrogens with zero attached hydrogens (tertiary/aromatic N) is 2. The number of hydrogen-bond donors (Lipinski definition) is 3. The Morgan fingerprint density at radius 1 is 1.08 bits per heavy atom. The molecule has 2 aromatic carbocycles. The van der Waals surface area contributed by atoms with E-state index in [-0.39, 0.29) is 11.6 Å². The second kappa shape index (κ2) is 6.21. The molecule has 1 amide bonds. The number of primary amides is 1. The molecule has 0 saturated heterocycles. The van der Waals surface area contributed by atoms with Gasteiger partial charge < -0.3 is 15.6 Å². The fourth-order valence-electron chi connectivity index (χ4n) is 2.11. The van der Waals surface area contributed by atoms with Gasteiger partial charge in [-0.05, 0) is 35.4 Å². The van der Waals surface area contributed by atoms with Crippen LogP contribution in [-0.2, 0) is 0 Å². The van der Waals surface area contributed by atoms with Crippen LogP contribution in [0.4, 0.5) is 0 Å². The van der Waals surface area contributed by atoms with Crippen molar-refractivity contribution in [1.29, 1.82) is 0 Å². The number of H-pyrrole nitrogens is 1. The van der Waals surface area contributed by atoms with E-state index in [0.717, 1.165) is 11.1 Å². The van der Waals surface area contributed by atoms with Crippen LogP contribution in [0.5, 0.6) is 11.6 Å². The van der Waals surface area contributed by atoms with E-state index in [1.807, 2.05) is 6.07 Å². The van der Waals surface area contributed by atoms with Gasteiger partial charge in [0.15, 0.2) is 0 Å². The Morgan fingerprint density at radius 3 is 2.50 bits per heavy atom. The molecule has 120 valence electrons. The summed E-state index contributed by atoms with van der Waals surface area (Å²) in [5.41, 5.74) is 7.08. The first-order valence-electron chi connectivity index (χ1n) is 6.87. The van der Waals surface area contributed by atoms with Crippen molar-refractivity contribution in [3.8, 4) is 22.8 Å². The molecule has 0 aliphatic carbocycles. The van der Waals surface area contributed by atoms with Crippen LogP contribution >= 0.6 is 0 Å². The number of carboxylic acid groups (broad SMARTS) is 1. The number of carbonyl (C=O) groups is 2. The van der Waals surface area contributed by atoms with E-state index in [9.17, 15) is 9.59 Å². The summed E-state index contributed by atoms with van der Waals surface area (Å²) in [5, 5.41) is 18.3. The number of nitrogens with two attached hydrogens (primary N) is 1. The first-order valence-corrected chi connectivity index (χ1v) is 6.87. The van der Waals surface area contributed by atoms with E-state index in [0.29, 0.717) is 11.3 Å². The van der Waals surface area contributed by atoms with Crippen molar-refractivity contribution in [3.63, 3.8) is 0 Å². The lowest BCUT2D eigenvalue weighted by Crippen LogP contribution is -2.10. The molecule has 0 fully saturated rings. The molecule has 1 heterocycles. The largest absolute Gasteiger partial charge is 0.476 e. The molecule has 8 nitrogen and oxygen atoms in total. The number of aromatic amines is 1. The summed E-state index contributed by atoms with van der Waals surface area (Å²) in [6.45, 7) is 0. The molecule has 0 unspecified atom stereocenters. The maximum Gasteiger partial charge on any atom is 0.359 e. The van der Waals surface area contributed by atoms with Crippen LogP contribution in [0.2, 0.25) is 0 Å². The topological polar surface area (TPSA) is 131 Å². The standard InChI is InChI=1S/C16H12N4O4/c17-14(21)10-6-4-9(5-7-10)11-2-1-3-12(8-11)24-15-13(16(22)23)18-20-19-15/h1-8H,(H2,17,21)(H,22,23)(H,18,19,20). The number of amides is 1. The maximum absolute atomic E-state index is 11.1. The van der Waals surface area contributed by atoms with E-state index < -0.39 is 11.9 Å². The monoisotopic (exact) mass is 324 g/mol. The third-order valence-electron chi connectivity index (χ3n) is 3.28. The van der Waals surface area contributed by atoms with Crippen LogP contribution in [0.15, 0.2) is 48.5 Å². The van der Waals surface area contributed by atoms with Crippen molar-refractivity contribution in [3.05, 3.63) is 59.8 Å². The van der Waals surface area contributed by atoms with Crippen LogP contribution < -0.4 is 10.5 Å². The van der Waals surface area contributed by atoms with Gasteiger partial charge in [-0.2, -0.15) is 0 Å². The molecule has 0 bridgehead atoms. The average molecular weight is 324 g/mol. The molecule has 4 N–H and O–H groups in total. The van der Waals surface area contributed by atoms with Gasteiger partial charge in [-0.1, -0.05) is 34.6 Å². The van der Waals surface area contributed by atoms with E-state index in [1.165, 1.54) is 0 Å². The molecule has 3 aromatic rings. The lowest BCUT2D eigenvalue weighted by atomic mass is 10.0. The smallest absolute Gasteiger partial charge is 0.359 e. The Balaban J connectivity index is 1.87. The Morgan fingerprint density at radius 2 is 1.83 bits per heavy atom. The predicted octanol–water partition coefficient (Wildman–Crippen LogP) is 2.06. The number of nitrogens with one attached hydrogen (secondary N) is 1. The summed E-state index contributed by atoms with van der Waals surface area (Å²) < 4.78 is 5.48. The number of aromatic nitrogens is 3. The van der Waals surface area contributed by atoms with Gasteiger partial charge in [0.2, 0.25) is 11.6 Å². The average Bonchev–Trinajstić information content (AvgIpc) is 3.03. The highest BCUT2D eigenvalue weighted by Crippen LogP contribution is 2.27. The van der Waals surface area contributed by atoms with Crippen molar-refractivity contribution >= 4 is 11.9 Å². The first-order chi connectivity index (χ1) is 11.5. The van der Waals surface area contributed by atoms with Gasteiger partial charge in [-0.15, -0.1) is 0 Å². The number of benzene rings is 2. The number of hydrogen-bond acceptors (Lipinski definition) is 5. The van der Waals surface area contributed by atoms with Gasteiger partial charge in [0, 0.05) is 5.56 Å². The molecule has 0 radical (unpaired) electrons. The summed E-state index contributed by atoms with van der Waals surface area (Å²) in [5.74, 6) is -1.43. The van der Waals surface area contributed by atoms with Gasteiger partial charge in [-0.25, -0.2) is 9.89 Å². The Labute approximate surface area is 135 Å². The third-order valence-corrected chi connectivity index (χ3v) is 3.28. The zero-order valence-electron chi connectivity index (χ0n) is 12.3. The molecular weight excluding hydrogens is 312 g/mol. The fraction of sp³-hybridized carbons (Fsp3) is 0. The molecule has 0 spiro atoms. The van der Waals surface area contributed by atoms with Crippen molar-refractivity contribution in [2.75, 3.05) is 0 Å². The van der Waals surface area contributed by atoms with E-state index >= 15 is 0 Å². The zero-order valence-corrected chi connectivity index (χ0v) is 12.3. The second-order valence-electron chi connectivity index (χ2n) is 4.87. The summed E-state index contributed by atoms with van der Waals surface area (Å²) in [6.07, 6.45) is 0. The highest BCUT2D eigenvalue weighted by molar-refractivity contribution is 5.93. The third kappa shape index (κ3) is 3.07. The summed E-state index contributed by atoms with van der Waals surface area (Å²) in [7, 11) is 0. The lowest BCUT2D eigenvalue weighted by Gasteiger charge is -2.06. The van der Waals surface area contributed by atoms with E-state index in [4.69, 9.17) is 15.6 Å². The molecule has 0 aliphatic rings. The minimum absolute atomic E-state index is 0.122. The maximum atomic E-state index is 11.1. The van der Waals surface area contributed by atoms with Crippen LogP contribution in [-0.4, -0.2) is 32.4 Å². The number of rotatable bonds is 5. The normalized spacial score (nSPS) is 10.3. The van der Waals surface area contributed by atoms with Gasteiger partial charge >= 0.3 is 5.97 Å². The fourth-order valence-corrected chi connectivity index (χ4v) is 2.11. The molecule has 0 aliphatic heterocycles. The molecule has 1 aromatic heterocycles. The van der Waals surface area contributed by atoms with E-state index in [1.54, 1.807) is 42.5 Å². The predicted molar refractivity (Wildman–Crippen MR) is 83.8 cm³/mol. The minimum Gasteiger partial charge on any atom is -0.476 e. The molecule has 8 heteroatoms. The molecule has 24 heavy (non-hydrogen) atoms. The number of carboxylic acids is 1. The number of aromatic carboxylic acids is 1. The van der Waals surface area contributed by atoms with Crippen molar-refractivity contribution in [1.82, 2.24) is 15.4 Å². The van der Waals surface area contributed by atoms with E-state index in [2.05, 4.69) is 15.4 Å². The van der Waals surface area contributed by atoms with Crippen molar-refractivity contribution < 1.29 is 19.4 Å². The van der Waals surface area contributed by atoms with Crippen molar-refractivity contribution in [2.45, 2.75) is 0 Å². The number of ether oxygens (including phenoxy) is 1. The molecular formula is C16H12N4O4. The van der Waals surface area contributed by atoms with Gasteiger partial charge in [-0.3, -0.25) is 4.79 Å². The molecule has 0 atom stereocenters. The van der Waals surface area contributed by atoms with Gasteiger partial charge in [0.25, 0.3) is 5.88 Å². The second-order valence-corrected chi connectivity index (χ2v) is 4.87. The summed E-state index contributed by atoms with van der Waals surface area (Å²) in [6, 6.07) is 13.8. The highest BCUT2D eigenvalue weighted by atomic mass is 16.5. The highest BCUT2D eigenvalue weighted by Gasteiger charge is 2.16. The SMILES string of the molecule is NC(=O)c1ccc(-c2cccc(Oc3nn[nH]c3C(=O)O)c2)cc1. The van der Waals surface area contributed by atoms with Gasteiger partial charge in [0.05, 0.1) is 0 Å². The van der Waals surface area contributed by atoms with Crippen LogP contribution in [0.3, 0.4) is 0 Å². The van der Waals surface area contributed by atoms with Crippen molar-refractivity contribution in [2.24, 2.45) is 5.73 Å². The van der Waals surface area contributed by atoms with Crippen LogP contribution in [0, 0.1) is 0 Å². The van der Waals surface area contributed by atoms with Crippen LogP contribution in [0.1, 0.15) is 20.8 Å². The van der Waals surface area contributed by atoms with Crippen LogP contribution in [0.25, 0.3) is 11.1 Å². The summed E-state index contributed by atoms with van der Waals surface area (Å²) >= 11 is 0. The minimum atomic E-state index is -1.21. The Hall–Kier alpha value is -3.68. The van der Waals surface area contributed by atoms with Gasteiger partial charge in [0.1, 0.15) is 5.75 Å². The Bertz CT molecular complexity index is 902. The Kier molecular flexibility index (Phi) is 3.94. The summed E-state index contributed by atoms with van der Waals surface area (Å²) in [4.78, 5) is 22.1. The molecule has 3 rings (SSSR count). The lowest BCUT2D eigenvalue weighted by molar-refractivity contribution is 0.0687. The first kappa shape index (κ1) is 15.2.